The number of furan rings is 1. The van der Waals surface area contributed by atoms with E-state index < -0.39 is 5.60 Å². The normalized spacial score (nSPS) is 43.5. The van der Waals surface area contributed by atoms with Crippen molar-refractivity contribution < 1.29 is 33.0 Å². The number of carbonyl (C=O) groups excluding carboxylic acids is 3. The predicted octanol–water partition coefficient (Wildman–Crippen LogP) is 5.79. The van der Waals surface area contributed by atoms with Crippen LogP contribution in [0.2, 0.25) is 0 Å². The summed E-state index contributed by atoms with van der Waals surface area (Å²) in [5.74, 6) is 1.71. The molecule has 0 amide bonds. The highest BCUT2D eigenvalue weighted by Gasteiger charge is 2.71. The Morgan fingerprint density at radius 3 is 2.42 bits per heavy atom. The Morgan fingerprint density at radius 2 is 1.79 bits per heavy atom. The number of esters is 3. The van der Waals surface area contributed by atoms with Crippen molar-refractivity contribution >= 4 is 17.9 Å². The van der Waals surface area contributed by atoms with Crippen molar-refractivity contribution in [3.8, 4) is 0 Å². The minimum atomic E-state index is -0.500. The van der Waals surface area contributed by atoms with Crippen LogP contribution in [-0.4, -0.2) is 35.7 Å². The summed E-state index contributed by atoms with van der Waals surface area (Å²) in [7, 11) is 0. The maximum absolute atomic E-state index is 12.5. The molecule has 4 unspecified atom stereocenters. The average Bonchev–Trinajstić information content (AvgIpc) is 3.51. The number of hydrogen-bond donors (Lipinski definition) is 0. The van der Waals surface area contributed by atoms with Crippen molar-refractivity contribution in [1.82, 2.24) is 0 Å². The molecular formula is C31H40O7. The van der Waals surface area contributed by atoms with Crippen molar-refractivity contribution in [3.05, 3.63) is 35.3 Å². The number of aryl methyl sites for hydroxylation is 1. The number of allylic oxidation sites excluding steroid dienone is 1. The molecule has 6 rings (SSSR count). The van der Waals surface area contributed by atoms with Gasteiger partial charge in [-0.15, -0.1) is 0 Å². The van der Waals surface area contributed by atoms with Gasteiger partial charge in [0.2, 0.25) is 0 Å². The third-order valence-corrected chi connectivity index (χ3v) is 11.1. The average molecular weight is 525 g/mol. The van der Waals surface area contributed by atoms with E-state index in [1.807, 2.05) is 13.0 Å². The fourth-order valence-electron chi connectivity index (χ4n) is 9.58. The van der Waals surface area contributed by atoms with E-state index in [-0.39, 0.29) is 58.7 Å². The van der Waals surface area contributed by atoms with Crippen LogP contribution in [-0.2, 0) is 28.6 Å². The van der Waals surface area contributed by atoms with Gasteiger partial charge >= 0.3 is 17.9 Å². The van der Waals surface area contributed by atoms with Gasteiger partial charge in [-0.2, -0.15) is 0 Å². The minimum absolute atomic E-state index is 0.00258. The first-order chi connectivity index (χ1) is 18.0. The Kier molecular flexibility index (Phi) is 5.90. The molecule has 1 aromatic heterocycles. The lowest BCUT2D eigenvalue weighted by atomic mass is 9.44. The monoisotopic (exact) mass is 524 g/mol. The molecule has 0 bridgehead atoms. The van der Waals surface area contributed by atoms with Crippen molar-refractivity contribution in [1.29, 1.82) is 0 Å². The molecule has 38 heavy (non-hydrogen) atoms. The van der Waals surface area contributed by atoms with Gasteiger partial charge in [-0.3, -0.25) is 14.4 Å². The molecule has 4 fully saturated rings. The molecule has 1 saturated heterocycles. The van der Waals surface area contributed by atoms with Crippen molar-refractivity contribution in [2.75, 3.05) is 0 Å². The lowest BCUT2D eigenvalue weighted by Gasteiger charge is -2.62. The second kappa shape index (κ2) is 8.72. The Labute approximate surface area is 224 Å². The van der Waals surface area contributed by atoms with Gasteiger partial charge in [-0.05, 0) is 74.8 Å². The first kappa shape index (κ1) is 25.7. The van der Waals surface area contributed by atoms with Gasteiger partial charge in [0, 0.05) is 43.9 Å². The van der Waals surface area contributed by atoms with Crippen molar-refractivity contribution in [2.24, 2.45) is 28.6 Å². The second-order valence-electron chi connectivity index (χ2n) is 13.0. The zero-order chi connectivity index (χ0) is 27.0. The molecular weight excluding hydrogens is 484 g/mol. The van der Waals surface area contributed by atoms with E-state index in [9.17, 15) is 14.4 Å². The predicted molar refractivity (Wildman–Crippen MR) is 138 cm³/mol. The standard InChI is InChI=1S/C31H40O7/c1-17-6-7-24(35-17)22-15-20-14-21(36-18(2)32)8-11-29(20,4)28-25(37-19(3)33)16-30(5)23(27(22)28)9-12-31(30)13-10-26(34)38-31/h6-7,15,21-23,25,27-28H,8-14,16H2,1-5H3/t21-,22-,23-,25+,27?,28?,29?,30?,31+/m0/s1. The van der Waals surface area contributed by atoms with E-state index >= 15 is 0 Å². The number of rotatable bonds is 3. The molecule has 1 spiro atoms. The quantitative estimate of drug-likeness (QED) is 0.281. The summed E-state index contributed by atoms with van der Waals surface area (Å²) in [6.45, 7) is 9.53. The van der Waals surface area contributed by atoms with Gasteiger partial charge in [-0.25, -0.2) is 0 Å². The number of ether oxygens (including phenoxy) is 3. The first-order valence-corrected chi connectivity index (χ1v) is 14.3. The largest absolute Gasteiger partial charge is 0.466 e. The molecule has 3 saturated carbocycles. The van der Waals surface area contributed by atoms with Gasteiger partial charge < -0.3 is 18.6 Å². The summed E-state index contributed by atoms with van der Waals surface area (Å²) in [5, 5.41) is 0. The first-order valence-electron chi connectivity index (χ1n) is 14.3. The van der Waals surface area contributed by atoms with E-state index in [0.717, 1.165) is 43.6 Å². The number of fused-ring (bicyclic) bond motifs is 6. The lowest BCUT2D eigenvalue weighted by Crippen LogP contribution is -2.61. The van der Waals surface area contributed by atoms with Crippen molar-refractivity contribution in [2.45, 2.75) is 110 Å². The van der Waals surface area contributed by atoms with E-state index in [1.165, 1.54) is 19.4 Å². The zero-order valence-corrected chi connectivity index (χ0v) is 23.2. The van der Waals surface area contributed by atoms with E-state index in [2.05, 4.69) is 26.0 Å². The molecule has 0 aromatic carbocycles. The SMILES string of the molecule is CC(=O)O[C@H]1CCC2(C)C(=C[C@@H](c3ccc(C)o3)C3C2[C@H](OC(C)=O)CC2(C)[C@H]3CC[C@@]23CCC(=O)O3)C1. The van der Waals surface area contributed by atoms with Crippen LogP contribution in [0.5, 0.6) is 0 Å². The Balaban J connectivity index is 1.50. The van der Waals surface area contributed by atoms with Crippen LogP contribution in [0.1, 0.15) is 96.5 Å². The molecule has 0 radical (unpaired) electrons. The van der Waals surface area contributed by atoms with Gasteiger partial charge in [-0.1, -0.05) is 25.5 Å². The molecule has 7 nitrogen and oxygen atoms in total. The number of hydrogen-bond acceptors (Lipinski definition) is 7. The van der Waals surface area contributed by atoms with Gasteiger partial charge in [0.05, 0.1) is 0 Å². The minimum Gasteiger partial charge on any atom is -0.466 e. The van der Waals surface area contributed by atoms with Crippen LogP contribution in [0, 0.1) is 35.5 Å². The zero-order valence-electron chi connectivity index (χ0n) is 23.2. The molecule has 9 atom stereocenters. The molecule has 5 aliphatic rings. The highest BCUT2D eigenvalue weighted by Crippen LogP contribution is 2.71. The maximum Gasteiger partial charge on any atom is 0.306 e. The molecule has 1 aliphatic heterocycles. The Hall–Kier alpha value is -2.57. The topological polar surface area (TPSA) is 92.0 Å². The summed E-state index contributed by atoms with van der Waals surface area (Å²) in [4.78, 5) is 36.8. The van der Waals surface area contributed by atoms with E-state index in [0.29, 0.717) is 25.2 Å². The van der Waals surface area contributed by atoms with E-state index in [4.69, 9.17) is 18.6 Å². The third-order valence-electron chi connectivity index (χ3n) is 11.1. The van der Waals surface area contributed by atoms with Crippen molar-refractivity contribution in [3.63, 3.8) is 0 Å². The van der Waals surface area contributed by atoms with Gasteiger partial charge in [0.15, 0.2) is 0 Å². The molecule has 1 aromatic rings. The van der Waals surface area contributed by atoms with Crippen LogP contribution in [0.15, 0.2) is 28.2 Å². The summed E-state index contributed by atoms with van der Waals surface area (Å²) >= 11 is 0. The van der Waals surface area contributed by atoms with Crippen LogP contribution in [0.3, 0.4) is 0 Å². The molecule has 2 heterocycles. The fourth-order valence-corrected chi connectivity index (χ4v) is 9.58. The second-order valence-corrected chi connectivity index (χ2v) is 13.0. The Morgan fingerprint density at radius 1 is 1.03 bits per heavy atom. The maximum atomic E-state index is 12.5. The lowest BCUT2D eigenvalue weighted by molar-refractivity contribution is -0.198. The van der Waals surface area contributed by atoms with E-state index in [1.54, 1.807) is 0 Å². The molecule has 206 valence electrons. The van der Waals surface area contributed by atoms with Crippen LogP contribution in [0.25, 0.3) is 0 Å². The summed E-state index contributed by atoms with van der Waals surface area (Å²) in [5.41, 5.74) is 0.288. The summed E-state index contributed by atoms with van der Waals surface area (Å²) in [6.07, 6.45) is 7.98. The Bertz CT molecular complexity index is 1200. The van der Waals surface area contributed by atoms with Crippen LogP contribution >= 0.6 is 0 Å². The smallest absolute Gasteiger partial charge is 0.306 e. The molecule has 4 aliphatic carbocycles. The molecule has 0 N–H and O–H groups in total. The van der Waals surface area contributed by atoms with Crippen LogP contribution < -0.4 is 0 Å². The number of carbonyl (C=O) groups is 3. The summed E-state index contributed by atoms with van der Waals surface area (Å²) in [6, 6.07) is 4.09. The van der Waals surface area contributed by atoms with Gasteiger partial charge in [0.25, 0.3) is 0 Å². The fraction of sp³-hybridized carbons (Fsp3) is 0.710. The molecule has 7 heteroatoms. The van der Waals surface area contributed by atoms with Crippen LogP contribution in [0.4, 0.5) is 0 Å². The highest BCUT2D eigenvalue weighted by molar-refractivity contribution is 5.72. The van der Waals surface area contributed by atoms with Gasteiger partial charge in [0.1, 0.15) is 29.3 Å². The third kappa shape index (κ3) is 3.70. The summed E-state index contributed by atoms with van der Waals surface area (Å²) < 4.78 is 24.4. The highest BCUT2D eigenvalue weighted by atomic mass is 16.6.